The van der Waals surface area contributed by atoms with Gasteiger partial charge in [-0.05, 0) is 17.7 Å². The van der Waals surface area contributed by atoms with Crippen LogP contribution in [0, 0.1) is 0 Å². The molecule has 0 amide bonds. The van der Waals surface area contributed by atoms with E-state index in [4.69, 9.17) is 4.74 Å². The van der Waals surface area contributed by atoms with Gasteiger partial charge in [0.05, 0.1) is 5.57 Å². The molecule has 1 aliphatic heterocycles. The van der Waals surface area contributed by atoms with Crippen molar-refractivity contribution < 1.29 is 9.53 Å². The molecule has 0 unspecified atom stereocenters. The van der Waals surface area contributed by atoms with Gasteiger partial charge in [-0.1, -0.05) is 36.4 Å². The van der Waals surface area contributed by atoms with Crippen LogP contribution < -0.4 is 0 Å². The summed E-state index contributed by atoms with van der Waals surface area (Å²) >= 11 is 0. The summed E-state index contributed by atoms with van der Waals surface area (Å²) in [6, 6.07) is 9.84. The number of rotatable bonds is 2. The molecule has 2 heteroatoms. The Bertz CT molecular complexity index is 388. The Balaban J connectivity index is 2.11. The molecule has 2 rings (SSSR count). The average molecular weight is 186 g/mol. The van der Waals surface area contributed by atoms with Crippen molar-refractivity contribution in [2.75, 3.05) is 6.61 Å². The zero-order valence-corrected chi connectivity index (χ0v) is 7.64. The van der Waals surface area contributed by atoms with Crippen LogP contribution in [0.2, 0.25) is 0 Å². The van der Waals surface area contributed by atoms with Crippen LogP contribution in [0.1, 0.15) is 5.56 Å². The van der Waals surface area contributed by atoms with Gasteiger partial charge in [-0.25, -0.2) is 4.79 Å². The summed E-state index contributed by atoms with van der Waals surface area (Å²) in [5.74, 6) is -0.239. The Morgan fingerprint density at radius 3 is 2.57 bits per heavy atom. The van der Waals surface area contributed by atoms with Crippen molar-refractivity contribution in [3.63, 3.8) is 0 Å². The summed E-state index contributed by atoms with van der Waals surface area (Å²) in [6.07, 6.45) is 5.46. The van der Waals surface area contributed by atoms with Crippen LogP contribution in [0.15, 0.2) is 48.1 Å². The topological polar surface area (TPSA) is 26.3 Å². The van der Waals surface area contributed by atoms with Crippen LogP contribution in [-0.4, -0.2) is 12.6 Å². The third kappa shape index (κ3) is 1.91. The Morgan fingerprint density at radius 1 is 1.14 bits per heavy atom. The van der Waals surface area contributed by atoms with E-state index in [0.717, 1.165) is 5.56 Å². The maximum atomic E-state index is 11.1. The molecule has 0 aromatic heterocycles. The Hall–Kier alpha value is -1.83. The molecule has 0 N–H and O–H groups in total. The lowest BCUT2D eigenvalue weighted by molar-refractivity contribution is -0.135. The maximum Gasteiger partial charge on any atom is 0.338 e. The molecule has 14 heavy (non-hydrogen) atoms. The van der Waals surface area contributed by atoms with Crippen molar-refractivity contribution in [1.82, 2.24) is 0 Å². The first-order chi connectivity index (χ1) is 6.86. The molecule has 70 valence electrons. The van der Waals surface area contributed by atoms with Crippen LogP contribution >= 0.6 is 0 Å². The zero-order chi connectivity index (χ0) is 9.80. The molecule has 2 nitrogen and oxygen atoms in total. The van der Waals surface area contributed by atoms with Gasteiger partial charge in [-0.2, -0.15) is 0 Å². The monoisotopic (exact) mass is 186 g/mol. The third-order valence-electron chi connectivity index (χ3n) is 2.01. The van der Waals surface area contributed by atoms with Crippen LogP contribution in [0.3, 0.4) is 0 Å². The van der Waals surface area contributed by atoms with Gasteiger partial charge in [0, 0.05) is 0 Å². The number of carbonyl (C=O) groups excluding carboxylic acids is 1. The second-order valence-corrected chi connectivity index (χ2v) is 3.00. The molecule has 0 spiro atoms. The number of hydrogen-bond donors (Lipinski definition) is 0. The normalized spacial score (nSPS) is 15.7. The minimum absolute atomic E-state index is 0.239. The van der Waals surface area contributed by atoms with E-state index in [1.807, 2.05) is 36.4 Å². The number of hydrogen-bond acceptors (Lipinski definition) is 2. The van der Waals surface area contributed by atoms with Crippen LogP contribution in [0.4, 0.5) is 0 Å². The molecule has 0 radical (unpaired) electrons. The fourth-order valence-corrected chi connectivity index (χ4v) is 1.26. The number of esters is 1. The van der Waals surface area contributed by atoms with Crippen LogP contribution in [-0.2, 0) is 9.53 Å². The zero-order valence-electron chi connectivity index (χ0n) is 7.64. The molecule has 1 aromatic rings. The fraction of sp³-hybridized carbons (Fsp3) is 0.0833. The molecular formula is C12H10O2. The number of carbonyl (C=O) groups is 1. The summed E-state index contributed by atoms with van der Waals surface area (Å²) < 4.78 is 4.77. The van der Waals surface area contributed by atoms with E-state index in [2.05, 4.69) is 0 Å². The van der Waals surface area contributed by atoms with E-state index < -0.39 is 0 Å². The minimum atomic E-state index is -0.239. The van der Waals surface area contributed by atoms with Gasteiger partial charge in [0.2, 0.25) is 0 Å². The highest BCUT2D eigenvalue weighted by Crippen LogP contribution is 2.10. The number of benzene rings is 1. The van der Waals surface area contributed by atoms with Gasteiger partial charge in [0.1, 0.15) is 6.61 Å². The lowest BCUT2D eigenvalue weighted by atomic mass is 10.1. The third-order valence-corrected chi connectivity index (χ3v) is 2.01. The second kappa shape index (κ2) is 3.92. The first kappa shape index (κ1) is 8.75. The summed E-state index contributed by atoms with van der Waals surface area (Å²) in [5.41, 5.74) is 1.71. The number of cyclic esters (lactones) is 1. The minimum Gasteiger partial charge on any atom is -0.458 e. The average Bonchev–Trinajstić information content (AvgIpc) is 2.63. The van der Waals surface area contributed by atoms with E-state index in [-0.39, 0.29) is 5.97 Å². The van der Waals surface area contributed by atoms with Crippen molar-refractivity contribution >= 4 is 12.0 Å². The first-order valence-corrected chi connectivity index (χ1v) is 4.47. The summed E-state index contributed by atoms with van der Waals surface area (Å²) in [6.45, 7) is 0.396. The molecule has 1 aliphatic rings. The molecule has 0 atom stereocenters. The predicted octanol–water partition coefficient (Wildman–Crippen LogP) is 2.18. The van der Waals surface area contributed by atoms with E-state index in [9.17, 15) is 4.79 Å². The smallest absolute Gasteiger partial charge is 0.338 e. The lowest BCUT2D eigenvalue weighted by Gasteiger charge is -1.92. The molecular weight excluding hydrogens is 176 g/mol. The Kier molecular flexibility index (Phi) is 2.45. The van der Waals surface area contributed by atoms with Gasteiger partial charge >= 0.3 is 5.97 Å². The van der Waals surface area contributed by atoms with Crippen LogP contribution in [0.5, 0.6) is 0 Å². The van der Waals surface area contributed by atoms with Crippen molar-refractivity contribution in [2.45, 2.75) is 0 Å². The fourth-order valence-electron chi connectivity index (χ4n) is 1.26. The van der Waals surface area contributed by atoms with Gasteiger partial charge in [0.15, 0.2) is 0 Å². The highest BCUT2D eigenvalue weighted by molar-refractivity contribution is 5.94. The lowest BCUT2D eigenvalue weighted by Crippen LogP contribution is -1.96. The van der Waals surface area contributed by atoms with E-state index in [1.165, 1.54) is 0 Å². The van der Waals surface area contributed by atoms with E-state index in [1.54, 1.807) is 12.2 Å². The van der Waals surface area contributed by atoms with Gasteiger partial charge in [0.25, 0.3) is 0 Å². The molecule has 0 saturated carbocycles. The largest absolute Gasteiger partial charge is 0.458 e. The van der Waals surface area contributed by atoms with Gasteiger partial charge in [-0.3, -0.25) is 0 Å². The molecule has 0 fully saturated rings. The van der Waals surface area contributed by atoms with Gasteiger partial charge in [-0.15, -0.1) is 0 Å². The van der Waals surface area contributed by atoms with E-state index >= 15 is 0 Å². The predicted molar refractivity (Wildman–Crippen MR) is 54.5 cm³/mol. The molecule has 0 aliphatic carbocycles. The van der Waals surface area contributed by atoms with E-state index in [0.29, 0.717) is 12.2 Å². The van der Waals surface area contributed by atoms with Crippen molar-refractivity contribution in [3.8, 4) is 0 Å². The van der Waals surface area contributed by atoms with Crippen molar-refractivity contribution in [2.24, 2.45) is 0 Å². The summed E-state index contributed by atoms with van der Waals surface area (Å²) in [7, 11) is 0. The standard InChI is InChI=1S/C12H10O2/c13-12-11(8-9-14-12)7-6-10-4-2-1-3-5-10/h1-8H,9H2/b7-6+. The molecule has 1 heterocycles. The van der Waals surface area contributed by atoms with Crippen molar-refractivity contribution in [3.05, 3.63) is 53.6 Å². The maximum absolute atomic E-state index is 11.1. The van der Waals surface area contributed by atoms with Gasteiger partial charge < -0.3 is 4.74 Å². The highest BCUT2D eigenvalue weighted by atomic mass is 16.5. The highest BCUT2D eigenvalue weighted by Gasteiger charge is 2.12. The molecule has 0 saturated heterocycles. The SMILES string of the molecule is O=C1OCC=C1/C=C/c1ccccc1. The first-order valence-electron chi connectivity index (χ1n) is 4.47. The summed E-state index contributed by atoms with van der Waals surface area (Å²) in [4.78, 5) is 11.1. The second-order valence-electron chi connectivity index (χ2n) is 3.00. The van der Waals surface area contributed by atoms with Crippen LogP contribution in [0.25, 0.3) is 6.08 Å². The summed E-state index contributed by atoms with van der Waals surface area (Å²) in [5, 5.41) is 0. The molecule has 1 aromatic carbocycles. The Morgan fingerprint density at radius 2 is 1.93 bits per heavy atom. The molecule has 0 bridgehead atoms. The number of ether oxygens (including phenoxy) is 1. The Labute approximate surface area is 82.5 Å². The quantitative estimate of drug-likeness (QED) is 0.662. The van der Waals surface area contributed by atoms with Crippen molar-refractivity contribution in [1.29, 1.82) is 0 Å².